The average molecular weight is 274 g/mol. The molecule has 0 spiro atoms. The first-order valence-electron chi connectivity index (χ1n) is 6.70. The van der Waals surface area contributed by atoms with Crippen LogP contribution in [0, 0.1) is 0 Å². The summed E-state index contributed by atoms with van der Waals surface area (Å²) in [7, 11) is 0. The molecule has 1 aliphatic carbocycles. The maximum absolute atomic E-state index is 11.7. The van der Waals surface area contributed by atoms with Gasteiger partial charge in [0.2, 0.25) is 0 Å². The van der Waals surface area contributed by atoms with Gasteiger partial charge in [0, 0.05) is 24.7 Å². The monoisotopic (exact) mass is 274 g/mol. The molecule has 7 nitrogen and oxygen atoms in total. The fraction of sp³-hybridized carbons (Fsp3) is 0.462. The topological polar surface area (TPSA) is 95.0 Å². The van der Waals surface area contributed by atoms with Gasteiger partial charge in [0.1, 0.15) is 5.76 Å². The van der Waals surface area contributed by atoms with E-state index in [1.54, 1.807) is 6.20 Å². The first-order valence-corrected chi connectivity index (χ1v) is 6.70. The molecule has 3 heterocycles. The first kappa shape index (κ1) is 11.7. The number of fused-ring (bicyclic) bond motifs is 1. The van der Waals surface area contributed by atoms with Crippen LogP contribution in [-0.2, 0) is 19.6 Å². The van der Waals surface area contributed by atoms with Gasteiger partial charge in [0.15, 0.2) is 5.89 Å². The zero-order chi connectivity index (χ0) is 13.7. The van der Waals surface area contributed by atoms with E-state index in [2.05, 4.69) is 15.0 Å². The van der Waals surface area contributed by atoms with Crippen LogP contribution in [0.5, 0.6) is 0 Å². The molecule has 2 aromatic heterocycles. The third kappa shape index (κ3) is 2.00. The van der Waals surface area contributed by atoms with Gasteiger partial charge in [-0.15, -0.1) is 0 Å². The highest BCUT2D eigenvalue weighted by atomic mass is 16.4. The van der Waals surface area contributed by atoms with Crippen molar-refractivity contribution < 1.29 is 4.42 Å². The second-order valence-corrected chi connectivity index (χ2v) is 5.45. The van der Waals surface area contributed by atoms with E-state index >= 15 is 0 Å². The summed E-state index contributed by atoms with van der Waals surface area (Å²) in [5, 5.41) is 0. The minimum Gasteiger partial charge on any atom is -0.444 e. The lowest BCUT2D eigenvalue weighted by molar-refractivity contribution is 0.246. The Hall–Kier alpha value is -2.15. The molecule has 2 N–H and O–H groups in total. The van der Waals surface area contributed by atoms with Crippen molar-refractivity contribution in [3.05, 3.63) is 49.9 Å². The number of aromatic amines is 2. The molecular weight excluding hydrogens is 260 g/mol. The molecule has 0 atom stereocenters. The van der Waals surface area contributed by atoms with E-state index < -0.39 is 5.69 Å². The van der Waals surface area contributed by atoms with Gasteiger partial charge < -0.3 is 9.40 Å². The maximum atomic E-state index is 11.7. The second kappa shape index (κ2) is 4.17. The Labute approximate surface area is 113 Å². The van der Waals surface area contributed by atoms with Crippen LogP contribution in [0.15, 0.2) is 20.2 Å². The van der Waals surface area contributed by atoms with Crippen molar-refractivity contribution >= 4 is 0 Å². The molecule has 0 aromatic carbocycles. The quantitative estimate of drug-likeness (QED) is 0.847. The summed E-state index contributed by atoms with van der Waals surface area (Å²) in [6, 6.07) is 0. The van der Waals surface area contributed by atoms with Gasteiger partial charge in [-0.2, -0.15) is 0 Å². The van der Waals surface area contributed by atoms with Crippen LogP contribution in [0.1, 0.15) is 41.7 Å². The van der Waals surface area contributed by atoms with Crippen molar-refractivity contribution in [2.24, 2.45) is 0 Å². The van der Waals surface area contributed by atoms with Crippen LogP contribution in [0.25, 0.3) is 0 Å². The van der Waals surface area contributed by atoms with Gasteiger partial charge in [-0.1, -0.05) is 0 Å². The van der Waals surface area contributed by atoms with E-state index in [1.807, 2.05) is 4.90 Å². The standard InChI is InChI=1S/C13H14N4O3/c18-11-9-5-17(6-10(9)15-13(19)16-11)4-8-3-14-12(20-8)7-1-2-7/h3,7H,1-2,4-6H2,(H2,15,16,18,19). The molecule has 7 heteroatoms. The van der Waals surface area contributed by atoms with E-state index in [-0.39, 0.29) is 5.56 Å². The molecule has 0 bridgehead atoms. The Morgan fingerprint density at radius 1 is 1.30 bits per heavy atom. The maximum Gasteiger partial charge on any atom is 0.325 e. The van der Waals surface area contributed by atoms with Crippen LogP contribution in [0.3, 0.4) is 0 Å². The Balaban J connectivity index is 1.52. The third-order valence-electron chi connectivity index (χ3n) is 3.77. The van der Waals surface area contributed by atoms with E-state index in [4.69, 9.17) is 4.42 Å². The molecule has 0 unspecified atom stereocenters. The molecule has 1 fully saturated rings. The largest absolute Gasteiger partial charge is 0.444 e. The third-order valence-corrected chi connectivity index (χ3v) is 3.77. The molecule has 2 aromatic rings. The average Bonchev–Trinajstić information content (AvgIpc) is 3.01. The van der Waals surface area contributed by atoms with Crippen molar-refractivity contribution in [1.29, 1.82) is 0 Å². The predicted molar refractivity (Wildman–Crippen MR) is 69.1 cm³/mol. The van der Waals surface area contributed by atoms with Crippen LogP contribution in [0.2, 0.25) is 0 Å². The number of aromatic nitrogens is 3. The SMILES string of the molecule is O=c1[nH]c2c(c(=O)[nH]1)CN(Cc1cnc(C3CC3)o1)C2. The van der Waals surface area contributed by atoms with E-state index in [1.165, 1.54) is 0 Å². The van der Waals surface area contributed by atoms with Crippen molar-refractivity contribution in [1.82, 2.24) is 19.9 Å². The van der Waals surface area contributed by atoms with Crippen molar-refractivity contribution in [2.45, 2.75) is 38.4 Å². The van der Waals surface area contributed by atoms with Crippen LogP contribution in [-0.4, -0.2) is 19.9 Å². The molecular formula is C13H14N4O3. The summed E-state index contributed by atoms with van der Waals surface area (Å²) in [6.07, 6.45) is 4.07. The highest BCUT2D eigenvalue weighted by molar-refractivity contribution is 5.20. The van der Waals surface area contributed by atoms with Gasteiger partial charge >= 0.3 is 5.69 Å². The molecule has 1 aliphatic heterocycles. The molecule has 104 valence electrons. The minimum atomic E-state index is -0.453. The van der Waals surface area contributed by atoms with Gasteiger partial charge in [-0.3, -0.25) is 14.7 Å². The summed E-state index contributed by atoms with van der Waals surface area (Å²) in [5.41, 5.74) is 0.570. The van der Waals surface area contributed by atoms with Crippen molar-refractivity contribution in [3.8, 4) is 0 Å². The molecule has 0 saturated heterocycles. The van der Waals surface area contributed by atoms with E-state index in [9.17, 15) is 9.59 Å². The lowest BCUT2D eigenvalue weighted by Gasteiger charge is -2.11. The zero-order valence-electron chi connectivity index (χ0n) is 10.8. The van der Waals surface area contributed by atoms with Crippen LogP contribution < -0.4 is 11.2 Å². The summed E-state index contributed by atoms with van der Waals surface area (Å²) in [5.74, 6) is 2.13. The Kier molecular flexibility index (Phi) is 2.43. The minimum absolute atomic E-state index is 0.303. The Morgan fingerprint density at radius 2 is 2.15 bits per heavy atom. The molecule has 2 aliphatic rings. The van der Waals surface area contributed by atoms with E-state index in [0.717, 1.165) is 24.5 Å². The summed E-state index contributed by atoms with van der Waals surface area (Å²) < 4.78 is 5.71. The number of rotatable bonds is 3. The molecule has 4 rings (SSSR count). The number of H-pyrrole nitrogens is 2. The fourth-order valence-corrected chi connectivity index (χ4v) is 2.61. The van der Waals surface area contributed by atoms with Crippen LogP contribution in [0.4, 0.5) is 0 Å². The molecule has 1 saturated carbocycles. The molecule has 0 radical (unpaired) electrons. The van der Waals surface area contributed by atoms with Crippen molar-refractivity contribution in [3.63, 3.8) is 0 Å². The number of hydrogen-bond donors (Lipinski definition) is 2. The smallest absolute Gasteiger partial charge is 0.325 e. The van der Waals surface area contributed by atoms with E-state index in [0.29, 0.717) is 36.8 Å². The van der Waals surface area contributed by atoms with Crippen LogP contribution >= 0.6 is 0 Å². The highest BCUT2D eigenvalue weighted by Crippen LogP contribution is 2.39. The molecule has 0 amide bonds. The highest BCUT2D eigenvalue weighted by Gasteiger charge is 2.29. The normalized spacial score (nSPS) is 18.4. The number of hydrogen-bond acceptors (Lipinski definition) is 5. The van der Waals surface area contributed by atoms with Gasteiger partial charge in [0.25, 0.3) is 5.56 Å². The fourth-order valence-electron chi connectivity index (χ4n) is 2.61. The number of nitrogens with zero attached hydrogens (tertiary/aromatic N) is 2. The lowest BCUT2D eigenvalue weighted by atomic mass is 10.3. The van der Waals surface area contributed by atoms with Crippen molar-refractivity contribution in [2.75, 3.05) is 0 Å². The summed E-state index contributed by atoms with van der Waals surface area (Å²) >= 11 is 0. The zero-order valence-corrected chi connectivity index (χ0v) is 10.8. The Bertz CT molecular complexity index is 768. The first-order chi connectivity index (χ1) is 9.69. The van der Waals surface area contributed by atoms with Gasteiger partial charge in [0.05, 0.1) is 18.3 Å². The van der Waals surface area contributed by atoms with Gasteiger partial charge in [-0.25, -0.2) is 9.78 Å². The number of oxazole rings is 1. The summed E-state index contributed by atoms with van der Waals surface area (Å²) in [4.78, 5) is 34.2. The molecule has 20 heavy (non-hydrogen) atoms. The lowest BCUT2D eigenvalue weighted by Crippen LogP contribution is -2.25. The van der Waals surface area contributed by atoms with Gasteiger partial charge in [-0.05, 0) is 12.8 Å². The Morgan fingerprint density at radius 3 is 2.95 bits per heavy atom. The summed E-state index contributed by atoms with van der Waals surface area (Å²) in [6.45, 7) is 1.66. The number of nitrogens with one attached hydrogen (secondary N) is 2. The second-order valence-electron chi connectivity index (χ2n) is 5.45. The predicted octanol–water partition coefficient (Wildman–Crippen LogP) is 0.444.